The lowest BCUT2D eigenvalue weighted by molar-refractivity contribution is -0.429. The molecule has 0 fully saturated rings. The Labute approximate surface area is 96.7 Å². The predicted octanol–water partition coefficient (Wildman–Crippen LogP) is 2.65. The average molecular weight is 212 g/mol. The van der Waals surface area contributed by atoms with E-state index in [0.717, 1.165) is 12.1 Å². The topological polar surface area (TPSA) is 15.9 Å². The fourth-order valence-corrected chi connectivity index (χ4v) is 1.81. The first kappa shape index (κ1) is 10.7. The van der Waals surface area contributed by atoms with E-state index in [9.17, 15) is 0 Å². The summed E-state index contributed by atoms with van der Waals surface area (Å²) in [7, 11) is 0. The van der Waals surface area contributed by atoms with Crippen LogP contribution < -0.4 is 0 Å². The van der Waals surface area contributed by atoms with Crippen molar-refractivity contribution in [3.63, 3.8) is 0 Å². The van der Waals surface area contributed by atoms with Crippen LogP contribution in [0.25, 0.3) is 0 Å². The molecule has 1 aliphatic rings. The van der Waals surface area contributed by atoms with Gasteiger partial charge < -0.3 is 0 Å². The molecule has 82 valence electrons. The summed E-state index contributed by atoms with van der Waals surface area (Å²) in [6.45, 7) is 8.19. The van der Waals surface area contributed by atoms with Crippen molar-refractivity contribution in [2.45, 2.75) is 20.3 Å². The molecule has 1 aromatic rings. The Bertz CT molecular complexity index is 469. The third-order valence-corrected chi connectivity index (χ3v) is 2.87. The van der Waals surface area contributed by atoms with Gasteiger partial charge in [0, 0.05) is 18.3 Å². The molecule has 0 bridgehead atoms. The van der Waals surface area contributed by atoms with Gasteiger partial charge in [-0.3, -0.25) is 9.56 Å². The minimum Gasteiger partial charge on any atom is -0.298 e. The Morgan fingerprint density at radius 3 is 2.94 bits per heavy atom. The van der Waals surface area contributed by atoms with E-state index in [0.29, 0.717) is 0 Å². The van der Waals surface area contributed by atoms with Crippen LogP contribution in [-0.4, -0.2) is 16.3 Å². The normalized spacial score (nSPS) is 15.2. The Kier molecular flexibility index (Phi) is 2.91. The van der Waals surface area contributed by atoms with Crippen LogP contribution in [0.4, 0.5) is 0 Å². The number of nitrogens with zero attached hydrogens (tertiary/aromatic N) is 2. The Morgan fingerprint density at radius 2 is 2.25 bits per heavy atom. The largest absolute Gasteiger partial charge is 0.298 e. The summed E-state index contributed by atoms with van der Waals surface area (Å²) in [5.41, 5.74) is 3.60. The minimum atomic E-state index is 0.836. The van der Waals surface area contributed by atoms with Crippen LogP contribution in [0.3, 0.4) is 0 Å². The first-order valence-corrected chi connectivity index (χ1v) is 5.40. The fourth-order valence-electron chi connectivity index (χ4n) is 1.81. The van der Waals surface area contributed by atoms with Crippen molar-refractivity contribution in [2.75, 3.05) is 0 Å². The van der Waals surface area contributed by atoms with Crippen molar-refractivity contribution < 1.29 is 4.58 Å². The van der Waals surface area contributed by atoms with Gasteiger partial charge in [-0.1, -0.05) is 24.6 Å². The zero-order chi connectivity index (χ0) is 11.5. The summed E-state index contributed by atoms with van der Waals surface area (Å²) in [4.78, 5) is 4.41. The molecule has 1 aromatic heterocycles. The molecule has 1 aliphatic heterocycles. The van der Waals surface area contributed by atoms with E-state index in [1.165, 1.54) is 17.2 Å². The molecule has 0 spiro atoms. The van der Waals surface area contributed by atoms with Gasteiger partial charge in [-0.2, -0.15) is 0 Å². The van der Waals surface area contributed by atoms with E-state index in [2.05, 4.69) is 37.7 Å². The lowest BCUT2D eigenvalue weighted by Crippen LogP contribution is -2.19. The summed E-state index contributed by atoms with van der Waals surface area (Å²) in [5.74, 6) is 0. The highest BCUT2D eigenvalue weighted by atomic mass is 15.0. The van der Waals surface area contributed by atoms with E-state index < -0.39 is 0 Å². The second-order valence-corrected chi connectivity index (χ2v) is 4.05. The second kappa shape index (κ2) is 4.35. The smallest absolute Gasteiger partial charge is 0.108 e. The molecule has 0 radical (unpaired) electrons. The van der Waals surface area contributed by atoms with Crippen molar-refractivity contribution in [2.24, 2.45) is 0 Å². The van der Waals surface area contributed by atoms with Gasteiger partial charge in [0.15, 0.2) is 0 Å². The number of hydrogen-bond acceptors (Lipinski definition) is 1. The molecule has 0 aromatic carbocycles. The minimum absolute atomic E-state index is 0.836. The van der Waals surface area contributed by atoms with Crippen molar-refractivity contribution >= 4 is 6.72 Å². The van der Waals surface area contributed by atoms with Crippen LogP contribution >= 0.6 is 0 Å². The van der Waals surface area contributed by atoms with Crippen molar-refractivity contribution in [1.82, 2.24) is 4.98 Å². The van der Waals surface area contributed by atoms with E-state index >= 15 is 0 Å². The SMILES string of the molecule is C=[N+]1C=CC=C(C)[C-]1Cc1ncccc1C. The number of pyridine rings is 1. The van der Waals surface area contributed by atoms with E-state index in [4.69, 9.17) is 0 Å². The number of allylic oxidation sites excluding steroid dienone is 2. The van der Waals surface area contributed by atoms with Gasteiger partial charge in [0.1, 0.15) is 6.04 Å². The molecule has 0 N–H and O–H groups in total. The maximum Gasteiger partial charge on any atom is 0.108 e. The van der Waals surface area contributed by atoms with Crippen molar-refractivity contribution in [3.8, 4) is 0 Å². The molecule has 0 saturated heterocycles. The van der Waals surface area contributed by atoms with Crippen LogP contribution in [0.2, 0.25) is 0 Å². The third kappa shape index (κ3) is 2.06. The highest BCUT2D eigenvalue weighted by Crippen LogP contribution is 2.23. The monoisotopic (exact) mass is 212 g/mol. The number of aryl methyl sites for hydroxylation is 1. The Morgan fingerprint density at radius 1 is 1.44 bits per heavy atom. The molecule has 16 heavy (non-hydrogen) atoms. The van der Waals surface area contributed by atoms with Gasteiger partial charge >= 0.3 is 0 Å². The van der Waals surface area contributed by atoms with E-state index in [-0.39, 0.29) is 0 Å². The van der Waals surface area contributed by atoms with Crippen LogP contribution in [0.15, 0.2) is 42.3 Å². The fraction of sp³-hybridized carbons (Fsp3) is 0.214. The molecule has 2 heterocycles. The zero-order valence-electron chi connectivity index (χ0n) is 9.77. The molecule has 0 saturated carbocycles. The number of rotatable bonds is 2. The molecule has 0 unspecified atom stereocenters. The maximum absolute atomic E-state index is 4.41. The van der Waals surface area contributed by atoms with Gasteiger partial charge in [0.25, 0.3) is 0 Å². The first-order valence-electron chi connectivity index (χ1n) is 5.40. The lowest BCUT2D eigenvalue weighted by Gasteiger charge is -2.22. The molecule has 2 rings (SSSR count). The summed E-state index contributed by atoms with van der Waals surface area (Å²) in [5, 5.41) is 0. The third-order valence-electron chi connectivity index (χ3n) is 2.87. The molecular weight excluding hydrogens is 196 g/mol. The van der Waals surface area contributed by atoms with Crippen molar-refractivity contribution in [3.05, 3.63) is 59.6 Å². The maximum atomic E-state index is 4.41. The van der Waals surface area contributed by atoms with Crippen LogP contribution in [0.1, 0.15) is 18.2 Å². The lowest BCUT2D eigenvalue weighted by atomic mass is 9.98. The number of hydrogen-bond donors (Lipinski definition) is 0. The summed E-state index contributed by atoms with van der Waals surface area (Å²) >= 11 is 0. The van der Waals surface area contributed by atoms with Crippen LogP contribution in [-0.2, 0) is 6.42 Å². The zero-order valence-corrected chi connectivity index (χ0v) is 9.77. The number of aromatic nitrogens is 1. The van der Waals surface area contributed by atoms with Crippen LogP contribution in [0.5, 0.6) is 0 Å². The molecule has 0 atom stereocenters. The quantitative estimate of drug-likeness (QED) is 0.543. The average Bonchev–Trinajstić information content (AvgIpc) is 2.26. The highest BCUT2D eigenvalue weighted by Gasteiger charge is 2.17. The molecule has 2 heteroatoms. The molecule has 0 aliphatic carbocycles. The van der Waals surface area contributed by atoms with Gasteiger partial charge in [0.2, 0.25) is 0 Å². The van der Waals surface area contributed by atoms with Gasteiger partial charge in [-0.25, -0.2) is 0 Å². The van der Waals surface area contributed by atoms with Gasteiger partial charge in [-0.15, -0.1) is 6.08 Å². The highest BCUT2D eigenvalue weighted by molar-refractivity contribution is 5.33. The Hall–Kier alpha value is -1.83. The molecule has 0 amide bonds. The molecular formula is C14H16N2. The van der Waals surface area contributed by atoms with E-state index in [1.54, 1.807) is 0 Å². The molecule has 2 nitrogen and oxygen atoms in total. The summed E-state index contributed by atoms with van der Waals surface area (Å²) < 4.78 is 1.92. The van der Waals surface area contributed by atoms with Crippen LogP contribution in [0, 0.1) is 13.0 Å². The summed E-state index contributed by atoms with van der Waals surface area (Å²) in [6, 6.07) is 5.27. The van der Waals surface area contributed by atoms with E-state index in [1.807, 2.05) is 29.1 Å². The van der Waals surface area contributed by atoms with Gasteiger partial charge in [0.05, 0.1) is 12.9 Å². The second-order valence-electron chi connectivity index (χ2n) is 4.05. The Balaban J connectivity index is 2.22. The standard InChI is InChI=1S/C14H16N2/c1-11-6-4-8-15-13(11)10-14-12(2)7-5-9-16(14)3/h4-9H,3,10H2,1-2H3. The predicted molar refractivity (Wildman–Crippen MR) is 66.2 cm³/mol. The summed E-state index contributed by atoms with van der Waals surface area (Å²) in [6.07, 6.45) is 8.77. The van der Waals surface area contributed by atoms with Gasteiger partial charge in [-0.05, 0) is 18.6 Å². The van der Waals surface area contributed by atoms with Crippen molar-refractivity contribution in [1.29, 1.82) is 0 Å². The first-order chi connectivity index (χ1) is 7.68.